The van der Waals surface area contributed by atoms with Gasteiger partial charge in [-0.15, -0.1) is 0 Å². The van der Waals surface area contributed by atoms with E-state index in [0.717, 1.165) is 10.8 Å². The van der Waals surface area contributed by atoms with Crippen LogP contribution in [0, 0.1) is 0 Å². The van der Waals surface area contributed by atoms with Crippen molar-refractivity contribution >= 4 is 68.1 Å². The first-order valence-electron chi connectivity index (χ1n) is 4.13. The molecule has 3 nitrogen and oxygen atoms in total. The molecular weight excluding hydrogens is 219 g/mol. The average Bonchev–Trinajstić information content (AvgIpc) is 2.16. The van der Waals surface area contributed by atoms with Crippen LogP contribution in [0.4, 0.5) is 0 Å². The van der Waals surface area contributed by atoms with E-state index >= 15 is 0 Å². The number of carboxylic acid groups (broad SMARTS) is 1. The molecule has 2 rings (SSSR count). The normalized spacial score (nSPS) is 9.60. The summed E-state index contributed by atoms with van der Waals surface area (Å²) in [5.74, 6) is -1.32. The third kappa shape index (κ3) is 2.59. The van der Waals surface area contributed by atoms with Crippen LogP contribution in [-0.2, 0) is 0 Å². The summed E-state index contributed by atoms with van der Waals surface area (Å²) in [6.45, 7) is 0. The Morgan fingerprint density at radius 1 is 1.07 bits per heavy atom. The number of carbonyl (C=O) groups is 1. The summed E-state index contributed by atoms with van der Waals surface area (Å²) < 4.78 is 0. The molecule has 0 bridgehead atoms. The molecule has 0 amide bonds. The summed E-state index contributed by atoms with van der Waals surface area (Å²) in [6.07, 6.45) is 0. The summed E-state index contributed by atoms with van der Waals surface area (Å²) in [7, 11) is 0. The number of hydrogen-bond donors (Lipinski definition) is 2. The van der Waals surface area contributed by atoms with Crippen molar-refractivity contribution in [3.8, 4) is 5.75 Å². The number of fused-ring (bicyclic) bond motifs is 1. The second-order valence-corrected chi connectivity index (χ2v) is 3.02. The Morgan fingerprint density at radius 2 is 1.60 bits per heavy atom. The fourth-order valence-corrected chi connectivity index (χ4v) is 1.40. The molecule has 0 atom stereocenters. The molecular formula is C11H8KO3. The number of benzene rings is 2. The molecule has 0 saturated heterocycles. The largest absolute Gasteiger partial charge is 0.507 e. The van der Waals surface area contributed by atoms with Crippen LogP contribution in [0.2, 0.25) is 0 Å². The van der Waals surface area contributed by atoms with Crippen molar-refractivity contribution in [2.24, 2.45) is 0 Å². The van der Waals surface area contributed by atoms with Gasteiger partial charge in [-0.3, -0.25) is 0 Å². The molecule has 0 fully saturated rings. The number of rotatable bonds is 1. The quantitative estimate of drug-likeness (QED) is 0.731. The smallest absolute Gasteiger partial charge is 0.339 e. The first-order chi connectivity index (χ1) is 6.68. The van der Waals surface area contributed by atoms with E-state index in [2.05, 4.69) is 0 Å². The van der Waals surface area contributed by atoms with E-state index in [1.54, 1.807) is 6.07 Å². The summed E-state index contributed by atoms with van der Waals surface area (Å²) in [6, 6.07) is 10.2. The Labute approximate surface area is 129 Å². The molecule has 0 unspecified atom stereocenters. The Hall–Kier alpha value is -0.394. The zero-order valence-corrected chi connectivity index (χ0v) is 11.4. The predicted molar refractivity (Wildman–Crippen MR) is 58.3 cm³/mol. The van der Waals surface area contributed by atoms with E-state index in [-0.39, 0.29) is 62.7 Å². The topological polar surface area (TPSA) is 57.5 Å². The second-order valence-electron chi connectivity index (χ2n) is 3.02. The predicted octanol–water partition coefficient (Wildman–Crippen LogP) is 1.86. The minimum absolute atomic E-state index is 0. The van der Waals surface area contributed by atoms with E-state index < -0.39 is 5.97 Å². The van der Waals surface area contributed by atoms with Gasteiger partial charge < -0.3 is 10.2 Å². The Balaban J connectivity index is 0.00000112. The second kappa shape index (κ2) is 5.09. The zero-order chi connectivity index (χ0) is 10.1. The zero-order valence-electron chi connectivity index (χ0n) is 8.27. The minimum atomic E-state index is -1.12. The Bertz CT molecular complexity index is 508. The Kier molecular flexibility index (Phi) is 4.30. The standard InChI is InChI=1S/C11H8O3.K/c12-10-6-8-4-2-1-3-7(8)5-9(10)11(13)14;/h1-6,12H,(H,13,14);. The van der Waals surface area contributed by atoms with Crippen LogP contribution < -0.4 is 0 Å². The summed E-state index contributed by atoms with van der Waals surface area (Å²) in [5.41, 5.74) is -0.0660. The molecule has 0 aromatic heterocycles. The van der Waals surface area contributed by atoms with E-state index in [4.69, 9.17) is 5.11 Å². The summed E-state index contributed by atoms with van der Waals surface area (Å²) >= 11 is 0. The van der Waals surface area contributed by atoms with E-state index in [9.17, 15) is 9.90 Å². The fourth-order valence-electron chi connectivity index (χ4n) is 1.40. The molecule has 2 N–H and O–H groups in total. The van der Waals surface area contributed by atoms with Crippen molar-refractivity contribution in [3.63, 3.8) is 0 Å². The van der Waals surface area contributed by atoms with Gasteiger partial charge >= 0.3 is 5.97 Å². The van der Waals surface area contributed by atoms with Crippen LogP contribution in [0.1, 0.15) is 10.4 Å². The van der Waals surface area contributed by atoms with Crippen molar-refractivity contribution < 1.29 is 15.0 Å². The molecule has 0 aliphatic rings. The van der Waals surface area contributed by atoms with Gasteiger partial charge in [-0.2, -0.15) is 0 Å². The molecule has 15 heavy (non-hydrogen) atoms. The average molecular weight is 227 g/mol. The van der Waals surface area contributed by atoms with Crippen molar-refractivity contribution in [2.75, 3.05) is 0 Å². The van der Waals surface area contributed by atoms with Crippen molar-refractivity contribution in [2.45, 2.75) is 0 Å². The number of phenols is 1. The molecule has 0 heterocycles. The summed E-state index contributed by atoms with van der Waals surface area (Å²) in [4.78, 5) is 10.7. The minimum Gasteiger partial charge on any atom is -0.507 e. The molecule has 2 aromatic carbocycles. The van der Waals surface area contributed by atoms with Gasteiger partial charge in [-0.25, -0.2) is 4.79 Å². The SMILES string of the molecule is O=C(O)c1cc2ccccc2cc1O.[K]. The van der Waals surface area contributed by atoms with Crippen LogP contribution in [-0.4, -0.2) is 67.6 Å². The molecule has 0 spiro atoms. The van der Waals surface area contributed by atoms with Crippen molar-refractivity contribution in [3.05, 3.63) is 42.0 Å². The van der Waals surface area contributed by atoms with Gasteiger partial charge in [0.25, 0.3) is 0 Å². The molecule has 2 aromatic rings. The first kappa shape index (κ1) is 12.7. The molecule has 0 aliphatic carbocycles. The van der Waals surface area contributed by atoms with Gasteiger partial charge in [0.05, 0.1) is 0 Å². The van der Waals surface area contributed by atoms with Gasteiger partial charge in [0, 0.05) is 51.4 Å². The third-order valence-electron chi connectivity index (χ3n) is 2.09. The third-order valence-corrected chi connectivity index (χ3v) is 2.09. The van der Waals surface area contributed by atoms with E-state index in [1.165, 1.54) is 12.1 Å². The van der Waals surface area contributed by atoms with Crippen LogP contribution in [0.3, 0.4) is 0 Å². The molecule has 1 radical (unpaired) electrons. The van der Waals surface area contributed by atoms with Gasteiger partial charge in [0.1, 0.15) is 11.3 Å². The van der Waals surface area contributed by atoms with Crippen LogP contribution in [0.15, 0.2) is 36.4 Å². The number of aromatic hydroxyl groups is 1. The van der Waals surface area contributed by atoms with Crippen molar-refractivity contribution in [1.29, 1.82) is 0 Å². The number of carboxylic acids is 1. The number of aromatic carboxylic acids is 1. The number of hydrogen-bond acceptors (Lipinski definition) is 2. The van der Waals surface area contributed by atoms with Gasteiger partial charge in [0.2, 0.25) is 0 Å². The maximum atomic E-state index is 10.7. The van der Waals surface area contributed by atoms with Crippen molar-refractivity contribution in [1.82, 2.24) is 0 Å². The maximum absolute atomic E-state index is 10.7. The molecule has 0 aliphatic heterocycles. The van der Waals surface area contributed by atoms with E-state index in [1.807, 2.05) is 18.2 Å². The van der Waals surface area contributed by atoms with E-state index in [0.29, 0.717) is 0 Å². The maximum Gasteiger partial charge on any atom is 0.339 e. The van der Waals surface area contributed by atoms with Crippen LogP contribution in [0.25, 0.3) is 10.8 Å². The fraction of sp³-hybridized carbons (Fsp3) is 0. The first-order valence-corrected chi connectivity index (χ1v) is 4.13. The van der Waals surface area contributed by atoms with Crippen LogP contribution >= 0.6 is 0 Å². The van der Waals surface area contributed by atoms with Gasteiger partial charge in [-0.1, -0.05) is 24.3 Å². The molecule has 4 heteroatoms. The summed E-state index contributed by atoms with van der Waals surface area (Å²) in [5, 5.41) is 19.8. The monoisotopic (exact) mass is 227 g/mol. The molecule has 71 valence electrons. The van der Waals surface area contributed by atoms with Gasteiger partial charge in [0.15, 0.2) is 0 Å². The molecule has 0 saturated carbocycles. The van der Waals surface area contributed by atoms with Gasteiger partial charge in [-0.05, 0) is 22.9 Å². The van der Waals surface area contributed by atoms with Crippen LogP contribution in [0.5, 0.6) is 5.75 Å². The Morgan fingerprint density at radius 3 is 2.13 bits per heavy atom.